The van der Waals surface area contributed by atoms with Crippen molar-refractivity contribution in [2.45, 2.75) is 59.5 Å². The molecule has 1 atom stereocenters. The third-order valence-corrected chi connectivity index (χ3v) is 5.45. The maximum absolute atomic E-state index is 11.9. The first-order valence-corrected chi connectivity index (χ1v) is 9.15. The number of allylic oxidation sites excluding steroid dienone is 1. The third kappa shape index (κ3) is 4.81. The molecule has 0 N–H and O–H groups in total. The average Bonchev–Trinajstić information content (AvgIpc) is 2.93. The number of carbonyl (C=O) groups excluding carboxylic acids is 2. The summed E-state index contributed by atoms with van der Waals surface area (Å²) < 4.78 is 6.17. The number of hydrogen-bond acceptors (Lipinski definition) is 5. The van der Waals surface area contributed by atoms with Crippen molar-refractivity contribution < 1.29 is 19.2 Å². The molecule has 0 amide bonds. The van der Waals surface area contributed by atoms with Crippen LogP contribution in [0.15, 0.2) is 35.4 Å². The van der Waals surface area contributed by atoms with Crippen LogP contribution in [0.4, 0.5) is 5.69 Å². The fourth-order valence-corrected chi connectivity index (χ4v) is 3.88. The summed E-state index contributed by atoms with van der Waals surface area (Å²) in [4.78, 5) is 34.1. The summed E-state index contributed by atoms with van der Waals surface area (Å²) in [6, 6.07) is 6.03. The smallest absolute Gasteiger partial charge is 0.269 e. The molecule has 1 aromatic carbocycles. The predicted octanol–water partition coefficient (Wildman–Crippen LogP) is 4.66. The zero-order valence-electron chi connectivity index (χ0n) is 16.6. The Kier molecular flexibility index (Phi) is 6.19. The summed E-state index contributed by atoms with van der Waals surface area (Å²) in [6.07, 6.45) is 2.24. The number of non-ortho nitro benzene ring substituents is 1. The molecular weight excluding hydrogens is 346 g/mol. The predicted molar refractivity (Wildman–Crippen MR) is 103 cm³/mol. The van der Waals surface area contributed by atoms with Crippen LogP contribution in [-0.2, 0) is 9.59 Å². The van der Waals surface area contributed by atoms with Gasteiger partial charge in [-0.3, -0.25) is 19.7 Å². The van der Waals surface area contributed by atoms with Crippen molar-refractivity contribution in [1.82, 2.24) is 0 Å². The minimum atomic E-state index is -0.606. The molecule has 27 heavy (non-hydrogen) atoms. The van der Waals surface area contributed by atoms with Gasteiger partial charge in [-0.25, -0.2) is 0 Å². The molecular formula is C21H27NO5. The van der Waals surface area contributed by atoms with Crippen molar-refractivity contribution in [3.05, 3.63) is 45.5 Å². The first kappa shape index (κ1) is 20.8. The second-order valence-electron chi connectivity index (χ2n) is 7.83. The molecule has 0 bridgehead atoms. The maximum atomic E-state index is 11.9. The summed E-state index contributed by atoms with van der Waals surface area (Å²) in [5, 5.41) is 10.8. The Morgan fingerprint density at radius 3 is 2.26 bits per heavy atom. The second-order valence-corrected chi connectivity index (χ2v) is 7.83. The highest BCUT2D eigenvalue weighted by Crippen LogP contribution is 2.43. The molecule has 0 radical (unpaired) electrons. The lowest BCUT2D eigenvalue weighted by Gasteiger charge is -2.35. The lowest BCUT2D eigenvalue weighted by Crippen LogP contribution is -2.38. The lowest BCUT2D eigenvalue weighted by atomic mass is 9.79. The van der Waals surface area contributed by atoms with Crippen molar-refractivity contribution in [3.8, 4) is 5.75 Å². The van der Waals surface area contributed by atoms with Crippen molar-refractivity contribution in [3.63, 3.8) is 0 Å². The Hall–Kier alpha value is -2.50. The van der Waals surface area contributed by atoms with E-state index in [-0.39, 0.29) is 23.2 Å². The third-order valence-electron chi connectivity index (χ3n) is 5.45. The van der Waals surface area contributed by atoms with Crippen LogP contribution < -0.4 is 4.74 Å². The number of nitro benzene ring substituents is 1. The van der Waals surface area contributed by atoms with Crippen molar-refractivity contribution in [2.24, 2.45) is 11.8 Å². The second kappa shape index (κ2) is 8.03. The van der Waals surface area contributed by atoms with Gasteiger partial charge >= 0.3 is 0 Å². The first-order chi connectivity index (χ1) is 12.5. The van der Waals surface area contributed by atoms with Gasteiger partial charge in [0, 0.05) is 18.1 Å². The molecule has 0 heterocycles. The van der Waals surface area contributed by atoms with Gasteiger partial charge in [-0.05, 0) is 66.0 Å². The van der Waals surface area contributed by atoms with E-state index in [1.807, 2.05) is 13.8 Å². The fourth-order valence-electron chi connectivity index (χ4n) is 3.88. The van der Waals surface area contributed by atoms with Crippen LogP contribution in [0.3, 0.4) is 0 Å². The Morgan fingerprint density at radius 2 is 1.78 bits per heavy atom. The number of ether oxygens (including phenoxy) is 1. The monoisotopic (exact) mass is 373 g/mol. The van der Waals surface area contributed by atoms with Gasteiger partial charge in [0.1, 0.15) is 22.9 Å². The van der Waals surface area contributed by atoms with Gasteiger partial charge in [0.05, 0.1) is 10.8 Å². The summed E-state index contributed by atoms with van der Waals surface area (Å²) in [6.45, 7) is 8.94. The number of Topliss-reactive ketones (excluding diaryl/α,β-unsaturated/α-hetero) is 2. The van der Waals surface area contributed by atoms with E-state index >= 15 is 0 Å². The van der Waals surface area contributed by atoms with E-state index in [1.165, 1.54) is 31.6 Å². The molecule has 0 saturated heterocycles. The molecule has 1 aliphatic rings. The number of carbonyl (C=O) groups is 2. The van der Waals surface area contributed by atoms with Crippen LogP contribution in [0.5, 0.6) is 5.75 Å². The summed E-state index contributed by atoms with van der Waals surface area (Å²) in [5.74, 6) is -0.186. The minimum absolute atomic E-state index is 0.0169. The largest absolute Gasteiger partial charge is 0.487 e. The molecule has 2 rings (SSSR count). The van der Waals surface area contributed by atoms with E-state index in [4.69, 9.17) is 4.74 Å². The molecule has 0 aromatic heterocycles. The summed E-state index contributed by atoms with van der Waals surface area (Å²) in [5.41, 5.74) is 1.79. The number of ketones is 2. The van der Waals surface area contributed by atoms with Gasteiger partial charge in [0.2, 0.25) is 0 Å². The summed E-state index contributed by atoms with van der Waals surface area (Å²) in [7, 11) is 0. The van der Waals surface area contributed by atoms with Crippen molar-refractivity contribution in [2.75, 3.05) is 0 Å². The number of nitro groups is 1. The molecule has 6 heteroatoms. The van der Waals surface area contributed by atoms with Crippen molar-refractivity contribution in [1.29, 1.82) is 0 Å². The van der Waals surface area contributed by atoms with Gasteiger partial charge in [0.15, 0.2) is 0 Å². The van der Waals surface area contributed by atoms with E-state index in [0.29, 0.717) is 12.2 Å². The zero-order valence-corrected chi connectivity index (χ0v) is 16.6. The van der Waals surface area contributed by atoms with Gasteiger partial charge in [-0.15, -0.1) is 0 Å². The standard InChI is InChI=1S/C21H27NO5/c1-13-6-11-20(18(13)12-19(14(2)23)15(3)24)21(4,5)27-17-9-7-16(8-10-17)22(25)26/h7-10,19-20H,6,11-12H2,1-5H3/t20-/m0/s1. The van der Waals surface area contributed by atoms with Crippen LogP contribution in [0.25, 0.3) is 0 Å². The Balaban J connectivity index is 2.21. The van der Waals surface area contributed by atoms with Crippen LogP contribution in [0.1, 0.15) is 53.9 Å². The number of hydrogen-bond donors (Lipinski definition) is 0. The molecule has 6 nitrogen and oxygen atoms in total. The highest BCUT2D eigenvalue weighted by atomic mass is 16.6. The molecule has 0 saturated carbocycles. The van der Waals surface area contributed by atoms with E-state index < -0.39 is 16.4 Å². The SMILES string of the molecule is CC(=O)C(CC1=C(C)CC[C@@H]1C(C)(C)Oc1ccc([N+](=O)[O-])cc1)C(C)=O. The van der Waals surface area contributed by atoms with Gasteiger partial charge in [-0.2, -0.15) is 0 Å². The number of rotatable bonds is 8. The fraction of sp³-hybridized carbons (Fsp3) is 0.524. The van der Waals surface area contributed by atoms with Crippen LogP contribution >= 0.6 is 0 Å². The van der Waals surface area contributed by atoms with E-state index in [0.717, 1.165) is 18.4 Å². The first-order valence-electron chi connectivity index (χ1n) is 9.15. The molecule has 1 aliphatic carbocycles. The van der Waals surface area contributed by atoms with Crippen LogP contribution in [0, 0.1) is 22.0 Å². The molecule has 0 fully saturated rings. The van der Waals surface area contributed by atoms with E-state index in [2.05, 4.69) is 6.92 Å². The highest BCUT2D eigenvalue weighted by molar-refractivity contribution is 6.00. The summed E-state index contributed by atoms with van der Waals surface area (Å²) >= 11 is 0. The number of nitrogens with zero attached hydrogens (tertiary/aromatic N) is 1. The molecule has 0 unspecified atom stereocenters. The quantitative estimate of drug-likeness (QED) is 0.286. The van der Waals surface area contributed by atoms with Gasteiger partial charge < -0.3 is 4.74 Å². The molecule has 146 valence electrons. The van der Waals surface area contributed by atoms with Gasteiger partial charge in [0.25, 0.3) is 5.69 Å². The van der Waals surface area contributed by atoms with Gasteiger partial charge in [-0.1, -0.05) is 11.1 Å². The minimum Gasteiger partial charge on any atom is -0.487 e. The van der Waals surface area contributed by atoms with E-state index in [9.17, 15) is 19.7 Å². The highest BCUT2D eigenvalue weighted by Gasteiger charge is 2.39. The van der Waals surface area contributed by atoms with Crippen LogP contribution in [-0.4, -0.2) is 22.1 Å². The van der Waals surface area contributed by atoms with Crippen molar-refractivity contribution >= 4 is 17.3 Å². The Morgan fingerprint density at radius 1 is 1.22 bits per heavy atom. The maximum Gasteiger partial charge on any atom is 0.269 e. The topological polar surface area (TPSA) is 86.5 Å². The lowest BCUT2D eigenvalue weighted by molar-refractivity contribution is -0.384. The van der Waals surface area contributed by atoms with E-state index in [1.54, 1.807) is 12.1 Å². The average molecular weight is 373 g/mol. The zero-order chi connectivity index (χ0) is 20.4. The Bertz CT molecular complexity index is 762. The molecule has 1 aromatic rings. The Labute approximate surface area is 159 Å². The molecule has 0 spiro atoms. The van der Waals surface area contributed by atoms with Crippen LogP contribution in [0.2, 0.25) is 0 Å². The number of benzene rings is 1. The normalized spacial score (nSPS) is 17.3. The molecule has 0 aliphatic heterocycles.